The molecule has 1 saturated carbocycles. The zero-order valence-electron chi connectivity index (χ0n) is 9.50. The number of aromatic nitrogens is 1. The first-order valence-corrected chi connectivity index (χ1v) is 6.21. The Kier molecular flexibility index (Phi) is 2.08. The highest BCUT2D eigenvalue weighted by Gasteiger charge is 2.40. The van der Waals surface area contributed by atoms with Gasteiger partial charge in [-0.15, -0.1) is 0 Å². The molecule has 1 heteroatoms. The van der Waals surface area contributed by atoms with Gasteiger partial charge in [0.15, 0.2) is 0 Å². The smallest absolute Gasteiger partial charge is 0.0438 e. The third kappa shape index (κ3) is 1.49. The summed E-state index contributed by atoms with van der Waals surface area (Å²) in [6.45, 7) is 2.49. The highest BCUT2D eigenvalue weighted by molar-refractivity contribution is 5.26. The van der Waals surface area contributed by atoms with Crippen LogP contribution in [0.2, 0.25) is 0 Å². The maximum atomic E-state index is 4.54. The summed E-state index contributed by atoms with van der Waals surface area (Å²) in [6, 6.07) is 4.36. The Hall–Kier alpha value is -0.850. The predicted molar refractivity (Wildman–Crippen MR) is 61.7 cm³/mol. The normalized spacial score (nSPS) is 34.3. The molecule has 1 fully saturated rings. The number of pyridine rings is 1. The van der Waals surface area contributed by atoms with Crippen LogP contribution in [-0.4, -0.2) is 4.98 Å². The number of hydrogen-bond donors (Lipinski definition) is 0. The van der Waals surface area contributed by atoms with E-state index in [0.717, 1.165) is 5.92 Å². The molecular weight excluding hydrogens is 182 g/mol. The van der Waals surface area contributed by atoms with Crippen molar-refractivity contribution in [3.8, 4) is 0 Å². The highest BCUT2D eigenvalue weighted by atomic mass is 14.7. The van der Waals surface area contributed by atoms with Gasteiger partial charge >= 0.3 is 0 Å². The molecule has 0 amide bonds. The van der Waals surface area contributed by atoms with Crippen LogP contribution in [0, 0.1) is 11.3 Å². The Balaban J connectivity index is 1.98. The Morgan fingerprint density at radius 2 is 2.33 bits per heavy atom. The number of nitrogens with zero attached hydrogens (tertiary/aromatic N) is 1. The molecule has 0 unspecified atom stereocenters. The first-order chi connectivity index (χ1) is 7.28. The van der Waals surface area contributed by atoms with Gasteiger partial charge < -0.3 is 0 Å². The molecule has 0 aromatic carbocycles. The van der Waals surface area contributed by atoms with Gasteiger partial charge in [0.2, 0.25) is 0 Å². The van der Waals surface area contributed by atoms with Crippen molar-refractivity contribution in [3.63, 3.8) is 0 Å². The second kappa shape index (κ2) is 3.33. The maximum absolute atomic E-state index is 4.54. The quantitative estimate of drug-likeness (QED) is 0.627. The summed E-state index contributed by atoms with van der Waals surface area (Å²) in [5.74, 6) is 0.897. The van der Waals surface area contributed by atoms with E-state index in [1.54, 1.807) is 0 Å². The van der Waals surface area contributed by atoms with Crippen LogP contribution in [0.15, 0.2) is 18.3 Å². The molecule has 0 spiro atoms. The summed E-state index contributed by atoms with van der Waals surface area (Å²) in [4.78, 5) is 4.54. The molecule has 2 aliphatic carbocycles. The summed E-state index contributed by atoms with van der Waals surface area (Å²) in [5, 5.41) is 0. The second-order valence-electron chi connectivity index (χ2n) is 5.59. The van der Waals surface area contributed by atoms with E-state index in [0.29, 0.717) is 5.41 Å². The summed E-state index contributed by atoms with van der Waals surface area (Å²) in [7, 11) is 0. The molecule has 15 heavy (non-hydrogen) atoms. The molecule has 1 aromatic rings. The van der Waals surface area contributed by atoms with Gasteiger partial charge in [0, 0.05) is 11.9 Å². The molecule has 0 N–H and O–H groups in total. The lowest BCUT2D eigenvalue weighted by atomic mass is 9.60. The number of hydrogen-bond acceptors (Lipinski definition) is 1. The Morgan fingerprint density at radius 1 is 1.40 bits per heavy atom. The average molecular weight is 201 g/mol. The lowest BCUT2D eigenvalue weighted by Crippen LogP contribution is -2.38. The third-order valence-corrected chi connectivity index (χ3v) is 4.55. The third-order valence-electron chi connectivity index (χ3n) is 4.55. The van der Waals surface area contributed by atoms with Crippen molar-refractivity contribution in [2.24, 2.45) is 11.3 Å². The van der Waals surface area contributed by atoms with E-state index in [1.807, 2.05) is 6.20 Å². The largest absolute Gasteiger partial charge is 0.261 e. The van der Waals surface area contributed by atoms with Gasteiger partial charge in [-0.25, -0.2) is 0 Å². The lowest BCUT2D eigenvalue weighted by molar-refractivity contribution is 0.102. The number of fused-ring (bicyclic) bond motifs is 2. The van der Waals surface area contributed by atoms with Crippen molar-refractivity contribution < 1.29 is 0 Å². The van der Waals surface area contributed by atoms with Gasteiger partial charge in [-0.3, -0.25) is 4.98 Å². The van der Waals surface area contributed by atoms with Gasteiger partial charge in [0.25, 0.3) is 0 Å². The van der Waals surface area contributed by atoms with Gasteiger partial charge in [-0.05, 0) is 48.6 Å². The van der Waals surface area contributed by atoms with Crippen LogP contribution in [0.1, 0.15) is 43.9 Å². The zero-order valence-corrected chi connectivity index (χ0v) is 9.50. The van der Waals surface area contributed by atoms with Crippen LogP contribution < -0.4 is 0 Å². The molecule has 2 atom stereocenters. The van der Waals surface area contributed by atoms with Gasteiger partial charge in [-0.2, -0.15) is 0 Å². The van der Waals surface area contributed by atoms with E-state index in [1.165, 1.54) is 49.8 Å². The van der Waals surface area contributed by atoms with Crippen LogP contribution in [0.25, 0.3) is 0 Å². The van der Waals surface area contributed by atoms with Crippen LogP contribution in [-0.2, 0) is 12.8 Å². The van der Waals surface area contributed by atoms with Crippen molar-refractivity contribution in [1.29, 1.82) is 0 Å². The SMILES string of the molecule is C[C@@]12CCCC[C@H]1Cc1ncccc1C2. The Morgan fingerprint density at radius 3 is 3.27 bits per heavy atom. The Labute approximate surface area is 91.9 Å². The Bertz CT molecular complexity index is 371. The molecule has 80 valence electrons. The van der Waals surface area contributed by atoms with Crippen molar-refractivity contribution >= 4 is 0 Å². The summed E-state index contributed by atoms with van der Waals surface area (Å²) >= 11 is 0. The minimum absolute atomic E-state index is 0.578. The molecule has 0 bridgehead atoms. The highest BCUT2D eigenvalue weighted by Crippen LogP contribution is 2.48. The van der Waals surface area contributed by atoms with E-state index < -0.39 is 0 Å². The molecule has 3 rings (SSSR count). The number of rotatable bonds is 0. The summed E-state index contributed by atoms with van der Waals surface area (Å²) in [6.07, 6.45) is 10.2. The maximum Gasteiger partial charge on any atom is 0.0438 e. The van der Waals surface area contributed by atoms with Crippen molar-refractivity contribution in [3.05, 3.63) is 29.6 Å². The molecule has 0 radical (unpaired) electrons. The van der Waals surface area contributed by atoms with Crippen LogP contribution in [0.4, 0.5) is 0 Å². The van der Waals surface area contributed by atoms with Gasteiger partial charge in [0.1, 0.15) is 0 Å². The van der Waals surface area contributed by atoms with Crippen molar-refractivity contribution in [1.82, 2.24) is 4.98 Å². The molecule has 0 saturated heterocycles. The molecule has 1 aromatic heterocycles. The standard InChI is InChI=1S/C14H19N/c1-14-7-3-2-6-12(14)9-13-11(10-14)5-4-8-15-13/h4-5,8,12H,2-3,6-7,9-10H2,1H3/t12-,14-/m0/s1. The molecular formula is C14H19N. The first-order valence-electron chi connectivity index (χ1n) is 6.21. The fourth-order valence-electron chi connectivity index (χ4n) is 3.54. The van der Waals surface area contributed by atoms with Crippen LogP contribution in [0.3, 0.4) is 0 Å². The van der Waals surface area contributed by atoms with E-state index in [-0.39, 0.29) is 0 Å². The van der Waals surface area contributed by atoms with Crippen LogP contribution >= 0.6 is 0 Å². The fourth-order valence-corrected chi connectivity index (χ4v) is 3.54. The first kappa shape index (κ1) is 9.38. The summed E-state index contributed by atoms with van der Waals surface area (Å²) in [5.41, 5.74) is 3.47. The fraction of sp³-hybridized carbons (Fsp3) is 0.643. The van der Waals surface area contributed by atoms with E-state index >= 15 is 0 Å². The van der Waals surface area contributed by atoms with Gasteiger partial charge in [0.05, 0.1) is 0 Å². The molecule has 1 heterocycles. The molecule has 2 aliphatic rings. The lowest BCUT2D eigenvalue weighted by Gasteiger charge is -2.45. The minimum atomic E-state index is 0.578. The predicted octanol–water partition coefficient (Wildman–Crippen LogP) is 3.38. The van der Waals surface area contributed by atoms with Gasteiger partial charge in [-0.1, -0.05) is 25.8 Å². The van der Waals surface area contributed by atoms with Crippen molar-refractivity contribution in [2.45, 2.75) is 45.4 Å². The monoisotopic (exact) mass is 201 g/mol. The van der Waals surface area contributed by atoms with E-state index in [9.17, 15) is 0 Å². The second-order valence-corrected chi connectivity index (χ2v) is 5.59. The zero-order chi connectivity index (χ0) is 10.3. The van der Waals surface area contributed by atoms with Crippen LogP contribution in [0.5, 0.6) is 0 Å². The average Bonchev–Trinajstić information content (AvgIpc) is 2.25. The molecule has 1 nitrogen and oxygen atoms in total. The van der Waals surface area contributed by atoms with Crippen molar-refractivity contribution in [2.75, 3.05) is 0 Å². The van der Waals surface area contributed by atoms with E-state index in [4.69, 9.17) is 0 Å². The summed E-state index contributed by atoms with van der Waals surface area (Å²) < 4.78 is 0. The minimum Gasteiger partial charge on any atom is -0.261 e. The topological polar surface area (TPSA) is 12.9 Å². The molecule has 0 aliphatic heterocycles. The van der Waals surface area contributed by atoms with E-state index in [2.05, 4.69) is 24.0 Å².